The molecule has 0 N–H and O–H groups in total. The van der Waals surface area contributed by atoms with Crippen molar-refractivity contribution in [1.82, 2.24) is 4.98 Å². The number of aryl methyl sites for hydroxylation is 1. The number of ether oxygens (including phenoxy) is 2. The summed E-state index contributed by atoms with van der Waals surface area (Å²) in [6, 6.07) is 11.1. The van der Waals surface area contributed by atoms with E-state index in [0.717, 1.165) is 12.1 Å². The van der Waals surface area contributed by atoms with Crippen LogP contribution < -0.4 is 4.74 Å². The van der Waals surface area contributed by atoms with Crippen molar-refractivity contribution in [2.45, 2.75) is 25.8 Å². The number of aromatic nitrogens is 1. The maximum absolute atomic E-state index is 13.7. The molecular weight excluding hydrogens is 394 g/mol. The fourth-order valence-corrected chi connectivity index (χ4v) is 2.44. The van der Waals surface area contributed by atoms with E-state index in [9.17, 15) is 22.4 Å². The first-order chi connectivity index (χ1) is 13.8. The van der Waals surface area contributed by atoms with Gasteiger partial charge in [-0.2, -0.15) is 0 Å². The van der Waals surface area contributed by atoms with E-state index in [2.05, 4.69) is 9.72 Å². The fourth-order valence-electron chi connectivity index (χ4n) is 2.44. The number of hydrogen-bond donors (Lipinski definition) is 0. The van der Waals surface area contributed by atoms with Crippen LogP contribution in [0, 0.1) is 5.82 Å². The van der Waals surface area contributed by atoms with Crippen LogP contribution in [0.4, 0.5) is 17.6 Å². The minimum absolute atomic E-state index is 0.0213. The van der Waals surface area contributed by atoms with Gasteiger partial charge in [0.05, 0.1) is 18.2 Å². The summed E-state index contributed by atoms with van der Waals surface area (Å²) < 4.78 is 64.4. The van der Waals surface area contributed by atoms with Gasteiger partial charge in [-0.3, -0.25) is 4.79 Å². The Hall–Kier alpha value is -3.36. The topological polar surface area (TPSA) is 61.6 Å². The standard InChI is InChI=1S/C20H15F4NO4/c21-16-4-2-1-3-15(16)17-11-25-18(28-17)9-10-19(26)27-12-13-5-7-14(8-6-13)29-20(22,23)24/h1-8,11H,9-10,12H2. The van der Waals surface area contributed by atoms with E-state index in [1.165, 1.54) is 24.4 Å². The van der Waals surface area contributed by atoms with Gasteiger partial charge in [-0.1, -0.05) is 24.3 Å². The van der Waals surface area contributed by atoms with Gasteiger partial charge in [0, 0.05) is 6.42 Å². The Kier molecular flexibility index (Phi) is 6.16. The molecule has 0 saturated heterocycles. The Morgan fingerprint density at radius 1 is 1.07 bits per heavy atom. The van der Waals surface area contributed by atoms with Gasteiger partial charge in [-0.05, 0) is 29.8 Å². The number of esters is 1. The number of carbonyl (C=O) groups is 1. The van der Waals surface area contributed by atoms with Crippen molar-refractivity contribution in [2.24, 2.45) is 0 Å². The van der Waals surface area contributed by atoms with Gasteiger partial charge in [0.2, 0.25) is 0 Å². The molecule has 0 spiro atoms. The van der Waals surface area contributed by atoms with Crippen LogP contribution in [0.25, 0.3) is 11.3 Å². The van der Waals surface area contributed by atoms with Gasteiger partial charge in [0.1, 0.15) is 18.2 Å². The lowest BCUT2D eigenvalue weighted by Gasteiger charge is -2.09. The van der Waals surface area contributed by atoms with Crippen molar-refractivity contribution in [3.8, 4) is 17.1 Å². The molecule has 0 radical (unpaired) electrons. The van der Waals surface area contributed by atoms with Crippen molar-refractivity contribution < 1.29 is 36.2 Å². The highest BCUT2D eigenvalue weighted by molar-refractivity contribution is 5.69. The van der Waals surface area contributed by atoms with Gasteiger partial charge in [0.25, 0.3) is 0 Å². The summed E-state index contributed by atoms with van der Waals surface area (Å²) in [5.41, 5.74) is 0.776. The lowest BCUT2D eigenvalue weighted by atomic mass is 10.2. The molecule has 29 heavy (non-hydrogen) atoms. The van der Waals surface area contributed by atoms with Gasteiger partial charge < -0.3 is 13.9 Å². The molecule has 0 fully saturated rings. The molecule has 1 heterocycles. The summed E-state index contributed by atoms with van der Waals surface area (Å²) in [5, 5.41) is 0. The first-order valence-electron chi connectivity index (χ1n) is 8.50. The van der Waals surface area contributed by atoms with E-state index in [4.69, 9.17) is 9.15 Å². The van der Waals surface area contributed by atoms with Crippen LogP contribution in [0.15, 0.2) is 59.1 Å². The van der Waals surface area contributed by atoms with Crippen LogP contribution in [-0.4, -0.2) is 17.3 Å². The zero-order valence-corrected chi connectivity index (χ0v) is 14.9. The number of hydrogen-bond acceptors (Lipinski definition) is 5. The molecule has 1 aromatic heterocycles. The number of alkyl halides is 3. The molecule has 152 valence electrons. The Labute approximate surface area is 162 Å². The largest absolute Gasteiger partial charge is 0.573 e. The average molecular weight is 409 g/mol. The average Bonchev–Trinajstić information content (AvgIpc) is 3.14. The second kappa shape index (κ2) is 8.76. The highest BCUT2D eigenvalue weighted by atomic mass is 19.4. The quantitative estimate of drug-likeness (QED) is 0.403. The normalized spacial score (nSPS) is 11.3. The number of benzene rings is 2. The zero-order valence-electron chi connectivity index (χ0n) is 14.9. The van der Waals surface area contributed by atoms with E-state index in [-0.39, 0.29) is 42.4 Å². The minimum Gasteiger partial charge on any atom is -0.461 e. The van der Waals surface area contributed by atoms with E-state index in [0.29, 0.717) is 5.56 Å². The van der Waals surface area contributed by atoms with E-state index < -0.39 is 18.1 Å². The van der Waals surface area contributed by atoms with E-state index >= 15 is 0 Å². The molecule has 0 aliphatic carbocycles. The van der Waals surface area contributed by atoms with Crippen LogP contribution >= 0.6 is 0 Å². The van der Waals surface area contributed by atoms with E-state index in [1.807, 2.05) is 0 Å². The van der Waals surface area contributed by atoms with Gasteiger partial charge in [-0.25, -0.2) is 9.37 Å². The summed E-state index contributed by atoms with van der Waals surface area (Å²) in [7, 11) is 0. The molecule has 0 saturated carbocycles. The first-order valence-corrected chi connectivity index (χ1v) is 8.50. The predicted octanol–water partition coefficient (Wildman–Crippen LogP) is 5.06. The number of oxazole rings is 1. The number of nitrogens with zero attached hydrogens (tertiary/aromatic N) is 1. The van der Waals surface area contributed by atoms with Crippen molar-refractivity contribution >= 4 is 5.97 Å². The third-order valence-electron chi connectivity index (χ3n) is 3.79. The lowest BCUT2D eigenvalue weighted by molar-refractivity contribution is -0.274. The molecule has 3 aromatic rings. The molecule has 5 nitrogen and oxygen atoms in total. The van der Waals surface area contributed by atoms with Crippen LogP contribution in [0.3, 0.4) is 0 Å². The Bertz CT molecular complexity index is 967. The molecule has 0 bridgehead atoms. The molecule has 2 aromatic carbocycles. The van der Waals surface area contributed by atoms with Crippen LogP contribution in [0.1, 0.15) is 17.9 Å². The Morgan fingerprint density at radius 3 is 2.48 bits per heavy atom. The molecule has 0 atom stereocenters. The number of rotatable bonds is 7. The van der Waals surface area contributed by atoms with Crippen LogP contribution in [0.2, 0.25) is 0 Å². The van der Waals surface area contributed by atoms with Crippen LogP contribution in [-0.2, 0) is 22.6 Å². The maximum atomic E-state index is 13.7. The highest BCUT2D eigenvalue weighted by Crippen LogP contribution is 2.24. The predicted molar refractivity (Wildman–Crippen MR) is 93.1 cm³/mol. The first kappa shape index (κ1) is 20.4. The molecule has 9 heteroatoms. The molecule has 0 aliphatic heterocycles. The molecule has 0 amide bonds. The van der Waals surface area contributed by atoms with Crippen molar-refractivity contribution in [1.29, 1.82) is 0 Å². The molecule has 0 aliphatic rings. The molecule has 3 rings (SSSR count). The summed E-state index contributed by atoms with van der Waals surface area (Å²) in [4.78, 5) is 15.9. The molecule has 0 unspecified atom stereocenters. The lowest BCUT2D eigenvalue weighted by Crippen LogP contribution is -2.17. The highest BCUT2D eigenvalue weighted by Gasteiger charge is 2.30. The summed E-state index contributed by atoms with van der Waals surface area (Å²) in [6.07, 6.45) is -3.25. The second-order valence-electron chi connectivity index (χ2n) is 5.95. The third-order valence-corrected chi connectivity index (χ3v) is 3.79. The Balaban J connectivity index is 1.46. The maximum Gasteiger partial charge on any atom is 0.573 e. The van der Waals surface area contributed by atoms with Gasteiger partial charge in [0.15, 0.2) is 11.7 Å². The summed E-state index contributed by atoms with van der Waals surface area (Å²) in [6.45, 7) is -0.100. The number of halogens is 4. The third kappa shape index (κ3) is 6.06. The van der Waals surface area contributed by atoms with E-state index in [1.54, 1.807) is 18.2 Å². The van der Waals surface area contributed by atoms with Crippen molar-refractivity contribution in [3.05, 3.63) is 72.0 Å². The molecular formula is C20H15F4NO4. The smallest absolute Gasteiger partial charge is 0.461 e. The minimum atomic E-state index is -4.76. The SMILES string of the molecule is O=C(CCc1ncc(-c2ccccc2F)o1)OCc1ccc(OC(F)(F)F)cc1. The summed E-state index contributed by atoms with van der Waals surface area (Å²) >= 11 is 0. The van der Waals surface area contributed by atoms with Gasteiger partial charge >= 0.3 is 12.3 Å². The monoisotopic (exact) mass is 409 g/mol. The second-order valence-corrected chi connectivity index (χ2v) is 5.95. The van der Waals surface area contributed by atoms with Crippen molar-refractivity contribution in [2.75, 3.05) is 0 Å². The van der Waals surface area contributed by atoms with Gasteiger partial charge in [-0.15, -0.1) is 13.2 Å². The number of carbonyl (C=O) groups excluding carboxylic acids is 1. The van der Waals surface area contributed by atoms with Crippen molar-refractivity contribution in [3.63, 3.8) is 0 Å². The summed E-state index contributed by atoms with van der Waals surface area (Å²) in [5.74, 6) is -0.823. The zero-order chi connectivity index (χ0) is 20.9. The fraction of sp³-hybridized carbons (Fsp3) is 0.200. The van der Waals surface area contributed by atoms with Crippen LogP contribution in [0.5, 0.6) is 5.75 Å². The Morgan fingerprint density at radius 2 is 1.79 bits per heavy atom.